The summed E-state index contributed by atoms with van der Waals surface area (Å²) in [6.07, 6.45) is 6.14. The lowest BCUT2D eigenvalue weighted by Gasteiger charge is -2.46. The van der Waals surface area contributed by atoms with Gasteiger partial charge in [0, 0.05) is 7.11 Å². The van der Waals surface area contributed by atoms with Crippen LogP contribution in [0.1, 0.15) is 39.5 Å². The third-order valence-corrected chi connectivity index (χ3v) is 5.32. The third kappa shape index (κ3) is 1.69. The lowest BCUT2D eigenvalue weighted by atomic mass is 9.60. The first-order valence-electron chi connectivity index (χ1n) is 7.11. The molecule has 0 amide bonds. The number of rotatable bonds is 1. The molecule has 1 saturated carbocycles. The highest BCUT2D eigenvalue weighted by atomic mass is 16.7. The summed E-state index contributed by atoms with van der Waals surface area (Å²) in [6.45, 7) is 4.48. The fourth-order valence-electron chi connectivity index (χ4n) is 4.21. The quantitative estimate of drug-likeness (QED) is 0.448. The molecular formula is C15H22O4. The third-order valence-electron chi connectivity index (χ3n) is 5.32. The van der Waals surface area contributed by atoms with Gasteiger partial charge < -0.3 is 14.6 Å². The van der Waals surface area contributed by atoms with E-state index in [2.05, 4.69) is 19.9 Å². The van der Waals surface area contributed by atoms with Crippen molar-refractivity contribution in [3.8, 4) is 0 Å². The zero-order valence-electron chi connectivity index (χ0n) is 11.8. The lowest BCUT2D eigenvalue weighted by Crippen LogP contribution is -2.46. The molecule has 2 fully saturated rings. The first-order chi connectivity index (χ1) is 8.90. The molecule has 106 valence electrons. The molecule has 4 nitrogen and oxygen atoms in total. The van der Waals surface area contributed by atoms with E-state index in [0.29, 0.717) is 5.92 Å². The van der Waals surface area contributed by atoms with Gasteiger partial charge in [0.15, 0.2) is 0 Å². The summed E-state index contributed by atoms with van der Waals surface area (Å²) in [5.41, 5.74) is 1.48. The lowest BCUT2D eigenvalue weighted by molar-refractivity contribution is -0.207. The van der Waals surface area contributed by atoms with E-state index < -0.39 is 11.8 Å². The Kier molecular flexibility index (Phi) is 2.81. The largest absolute Gasteiger partial charge is 0.457 e. The highest BCUT2D eigenvalue weighted by Crippen LogP contribution is 2.54. The van der Waals surface area contributed by atoms with E-state index in [1.54, 1.807) is 0 Å². The van der Waals surface area contributed by atoms with Gasteiger partial charge in [0.1, 0.15) is 6.10 Å². The van der Waals surface area contributed by atoms with Crippen molar-refractivity contribution in [2.45, 2.75) is 51.4 Å². The highest BCUT2D eigenvalue weighted by molar-refractivity contribution is 5.81. The first-order valence-corrected chi connectivity index (χ1v) is 7.11. The van der Waals surface area contributed by atoms with Crippen molar-refractivity contribution in [2.24, 2.45) is 17.3 Å². The number of carbonyl (C=O) groups excluding carboxylic acids is 1. The van der Waals surface area contributed by atoms with Gasteiger partial charge in [-0.25, -0.2) is 4.79 Å². The SMILES string of the molecule is COC1(O)C(=O)O[C@@H]2C[C@@]3(C)CCC[C@H](C)C3=C[C@@H]21. The Hall–Kier alpha value is -0.870. The van der Waals surface area contributed by atoms with Gasteiger partial charge in [0.25, 0.3) is 5.79 Å². The predicted molar refractivity (Wildman–Crippen MR) is 69.2 cm³/mol. The summed E-state index contributed by atoms with van der Waals surface area (Å²) in [5.74, 6) is -2.29. The monoisotopic (exact) mass is 266 g/mol. The minimum absolute atomic E-state index is 0.109. The Labute approximate surface area is 113 Å². The number of fused-ring (bicyclic) bond motifs is 2. The molecule has 1 heterocycles. The molecular weight excluding hydrogens is 244 g/mol. The zero-order chi connectivity index (χ0) is 13.8. The Balaban J connectivity index is 2.03. The molecule has 19 heavy (non-hydrogen) atoms. The number of aliphatic hydroxyl groups is 1. The van der Waals surface area contributed by atoms with E-state index in [-0.39, 0.29) is 17.4 Å². The zero-order valence-corrected chi connectivity index (χ0v) is 11.8. The van der Waals surface area contributed by atoms with Gasteiger partial charge in [-0.2, -0.15) is 0 Å². The van der Waals surface area contributed by atoms with Crippen LogP contribution >= 0.6 is 0 Å². The van der Waals surface area contributed by atoms with Crippen LogP contribution in [0.25, 0.3) is 0 Å². The summed E-state index contributed by atoms with van der Waals surface area (Å²) in [5, 5.41) is 10.4. The molecule has 3 rings (SSSR count). The summed E-state index contributed by atoms with van der Waals surface area (Å²) in [7, 11) is 1.36. The number of methoxy groups -OCH3 is 1. The number of ether oxygens (including phenoxy) is 2. The van der Waals surface area contributed by atoms with Crippen molar-refractivity contribution in [3.05, 3.63) is 11.6 Å². The van der Waals surface area contributed by atoms with Crippen molar-refractivity contribution < 1.29 is 19.4 Å². The second kappa shape index (κ2) is 4.06. The average Bonchev–Trinajstić information content (AvgIpc) is 2.59. The van der Waals surface area contributed by atoms with Crippen molar-refractivity contribution >= 4 is 5.97 Å². The molecule has 1 aliphatic heterocycles. The van der Waals surface area contributed by atoms with Gasteiger partial charge in [-0.1, -0.05) is 31.9 Å². The van der Waals surface area contributed by atoms with Gasteiger partial charge in [-0.15, -0.1) is 0 Å². The standard InChI is InChI=1S/C15H22O4/c1-9-5-4-6-14(2)8-12-11(7-10(9)14)15(17,18-3)13(16)19-12/h7,9,11-12,17H,4-6,8H2,1-3H3/t9-,11-,12+,14+,15?/m0/s1. The molecule has 3 aliphatic rings. The van der Waals surface area contributed by atoms with E-state index in [4.69, 9.17) is 9.47 Å². The number of esters is 1. The molecule has 0 bridgehead atoms. The van der Waals surface area contributed by atoms with E-state index >= 15 is 0 Å². The Morgan fingerprint density at radius 3 is 2.95 bits per heavy atom. The van der Waals surface area contributed by atoms with Gasteiger partial charge in [0.05, 0.1) is 5.92 Å². The summed E-state index contributed by atoms with van der Waals surface area (Å²) >= 11 is 0. The fourth-order valence-corrected chi connectivity index (χ4v) is 4.21. The van der Waals surface area contributed by atoms with E-state index in [1.165, 1.54) is 25.5 Å². The second-order valence-electron chi connectivity index (χ2n) is 6.55. The minimum Gasteiger partial charge on any atom is -0.457 e. The normalized spacial score (nSPS) is 49.2. The van der Waals surface area contributed by atoms with E-state index in [1.807, 2.05) is 0 Å². The highest BCUT2D eigenvalue weighted by Gasteiger charge is 2.60. The van der Waals surface area contributed by atoms with Gasteiger partial charge in [-0.05, 0) is 30.6 Å². The molecule has 0 aromatic carbocycles. The van der Waals surface area contributed by atoms with Crippen LogP contribution in [0.2, 0.25) is 0 Å². The van der Waals surface area contributed by atoms with Crippen LogP contribution in [0.3, 0.4) is 0 Å². The minimum atomic E-state index is -1.80. The van der Waals surface area contributed by atoms with E-state index in [9.17, 15) is 9.90 Å². The number of allylic oxidation sites excluding steroid dienone is 1. The van der Waals surface area contributed by atoms with Crippen LogP contribution in [0.4, 0.5) is 0 Å². The molecule has 1 unspecified atom stereocenters. The van der Waals surface area contributed by atoms with E-state index in [0.717, 1.165) is 12.8 Å². The maximum atomic E-state index is 11.9. The van der Waals surface area contributed by atoms with Crippen molar-refractivity contribution in [1.29, 1.82) is 0 Å². The van der Waals surface area contributed by atoms with Crippen LogP contribution < -0.4 is 0 Å². The topological polar surface area (TPSA) is 55.8 Å². The molecule has 0 spiro atoms. The molecule has 2 aliphatic carbocycles. The number of hydrogen-bond acceptors (Lipinski definition) is 4. The molecule has 4 heteroatoms. The molecule has 0 radical (unpaired) electrons. The number of hydrogen-bond donors (Lipinski definition) is 1. The van der Waals surface area contributed by atoms with Crippen LogP contribution in [-0.4, -0.2) is 30.1 Å². The van der Waals surface area contributed by atoms with Gasteiger partial charge in [0.2, 0.25) is 0 Å². The molecule has 5 atom stereocenters. The molecule has 0 aromatic heterocycles. The van der Waals surface area contributed by atoms with Crippen molar-refractivity contribution in [3.63, 3.8) is 0 Å². The van der Waals surface area contributed by atoms with Gasteiger partial charge >= 0.3 is 5.97 Å². The fraction of sp³-hybridized carbons (Fsp3) is 0.800. The maximum absolute atomic E-state index is 11.9. The van der Waals surface area contributed by atoms with Crippen molar-refractivity contribution in [1.82, 2.24) is 0 Å². The van der Waals surface area contributed by atoms with Crippen LogP contribution in [-0.2, 0) is 14.3 Å². The summed E-state index contributed by atoms with van der Waals surface area (Å²) in [4.78, 5) is 11.9. The summed E-state index contributed by atoms with van der Waals surface area (Å²) in [6, 6.07) is 0. The maximum Gasteiger partial charge on any atom is 0.367 e. The average molecular weight is 266 g/mol. The Morgan fingerprint density at radius 1 is 1.53 bits per heavy atom. The summed E-state index contributed by atoms with van der Waals surface area (Å²) < 4.78 is 10.4. The van der Waals surface area contributed by atoms with Crippen LogP contribution in [0.5, 0.6) is 0 Å². The molecule has 0 aromatic rings. The molecule has 1 N–H and O–H groups in total. The van der Waals surface area contributed by atoms with Gasteiger partial charge in [-0.3, -0.25) is 0 Å². The Morgan fingerprint density at radius 2 is 2.26 bits per heavy atom. The van der Waals surface area contributed by atoms with Crippen LogP contribution in [0.15, 0.2) is 11.6 Å². The van der Waals surface area contributed by atoms with Crippen molar-refractivity contribution in [2.75, 3.05) is 7.11 Å². The predicted octanol–water partition coefficient (Wildman–Crippen LogP) is 2.02. The first kappa shape index (κ1) is 13.1. The Bertz CT molecular complexity index is 443. The second-order valence-corrected chi connectivity index (χ2v) is 6.55. The molecule has 1 saturated heterocycles. The van der Waals surface area contributed by atoms with Crippen LogP contribution in [0, 0.1) is 17.3 Å². The smallest absolute Gasteiger partial charge is 0.367 e. The number of carbonyl (C=O) groups is 1.